The standard InChI is InChI=1S/C6H6S.N2/c7-6-4-2-1-3-5-6;1-2/h1-5,7H;. The second-order valence-corrected chi connectivity index (χ2v) is 1.85. The number of hydrogen-bond donors (Lipinski definition) is 1. The molecular weight excluding hydrogens is 132 g/mol. The van der Waals surface area contributed by atoms with E-state index in [4.69, 9.17) is 10.8 Å². The van der Waals surface area contributed by atoms with E-state index in [-0.39, 0.29) is 0 Å². The Hall–Kier alpha value is -1.01. The highest BCUT2D eigenvalue weighted by molar-refractivity contribution is 7.80. The van der Waals surface area contributed by atoms with Crippen LogP contribution in [0.2, 0.25) is 0 Å². The van der Waals surface area contributed by atoms with Gasteiger partial charge < -0.3 is 0 Å². The van der Waals surface area contributed by atoms with Crippen LogP contribution < -0.4 is 0 Å². The molecular formula is C6H6N2S. The van der Waals surface area contributed by atoms with Crippen molar-refractivity contribution in [3.63, 3.8) is 0 Å². The van der Waals surface area contributed by atoms with Gasteiger partial charge in [-0.1, -0.05) is 18.2 Å². The summed E-state index contributed by atoms with van der Waals surface area (Å²) in [6.45, 7) is 0. The molecule has 0 unspecified atom stereocenters. The van der Waals surface area contributed by atoms with Gasteiger partial charge in [-0.05, 0) is 12.1 Å². The van der Waals surface area contributed by atoms with Crippen LogP contribution in [0, 0.1) is 10.8 Å². The summed E-state index contributed by atoms with van der Waals surface area (Å²) in [7, 11) is 0. The van der Waals surface area contributed by atoms with Crippen molar-refractivity contribution < 1.29 is 0 Å². The summed E-state index contributed by atoms with van der Waals surface area (Å²) in [5, 5.41) is 12.0. The van der Waals surface area contributed by atoms with Gasteiger partial charge in [0.05, 0.1) is 0 Å². The molecule has 0 atom stereocenters. The predicted molar refractivity (Wildman–Crippen MR) is 37.1 cm³/mol. The number of nitrogens with zero attached hydrogens (tertiary/aromatic N) is 2. The molecule has 1 aromatic carbocycles. The van der Waals surface area contributed by atoms with E-state index in [1.54, 1.807) is 0 Å². The van der Waals surface area contributed by atoms with Crippen molar-refractivity contribution in [2.45, 2.75) is 4.90 Å². The Balaban J connectivity index is 0.000000291. The molecule has 0 aliphatic carbocycles. The molecule has 0 radical (unpaired) electrons. The zero-order valence-corrected chi connectivity index (χ0v) is 5.62. The first kappa shape index (κ1) is 7.99. The summed E-state index contributed by atoms with van der Waals surface area (Å²) in [5.41, 5.74) is 0. The first-order chi connectivity index (χ1) is 4.39. The quantitative estimate of drug-likeness (QED) is 0.440. The maximum atomic E-state index is 6.00. The van der Waals surface area contributed by atoms with Crippen molar-refractivity contribution in [2.24, 2.45) is 0 Å². The monoisotopic (exact) mass is 138 g/mol. The molecule has 0 heterocycles. The van der Waals surface area contributed by atoms with E-state index in [2.05, 4.69) is 12.6 Å². The fourth-order valence-electron chi connectivity index (χ4n) is 0.428. The molecule has 1 rings (SSSR count). The van der Waals surface area contributed by atoms with Crippen molar-refractivity contribution in [3.05, 3.63) is 30.3 Å². The Kier molecular flexibility index (Phi) is 4.56. The fraction of sp³-hybridized carbons (Fsp3) is 0. The maximum Gasteiger partial charge on any atom is 0.00399 e. The third-order valence-corrected chi connectivity index (χ3v) is 1.05. The van der Waals surface area contributed by atoms with Crippen molar-refractivity contribution >= 4 is 12.6 Å². The summed E-state index contributed by atoms with van der Waals surface area (Å²) in [6, 6.07) is 9.79. The molecule has 9 heavy (non-hydrogen) atoms. The third kappa shape index (κ3) is 3.56. The van der Waals surface area contributed by atoms with Gasteiger partial charge in [-0.3, -0.25) is 0 Å². The topological polar surface area (TPSA) is 47.6 Å². The molecule has 0 bridgehead atoms. The van der Waals surface area contributed by atoms with E-state index in [9.17, 15) is 0 Å². The molecule has 1 aromatic rings. The summed E-state index contributed by atoms with van der Waals surface area (Å²) in [4.78, 5) is 1.02. The second-order valence-electron chi connectivity index (χ2n) is 1.34. The van der Waals surface area contributed by atoms with E-state index in [0.717, 1.165) is 4.90 Å². The van der Waals surface area contributed by atoms with E-state index in [1.165, 1.54) is 0 Å². The van der Waals surface area contributed by atoms with Gasteiger partial charge in [0.15, 0.2) is 0 Å². The largest absolute Gasteiger partial charge is 0.143 e. The summed E-state index contributed by atoms with van der Waals surface area (Å²) >= 11 is 4.08. The number of thiol groups is 1. The van der Waals surface area contributed by atoms with Crippen LogP contribution in [0.4, 0.5) is 0 Å². The van der Waals surface area contributed by atoms with Crippen LogP contribution in [-0.4, -0.2) is 0 Å². The second kappa shape index (κ2) is 5.13. The van der Waals surface area contributed by atoms with Gasteiger partial charge in [-0.2, -0.15) is 0 Å². The summed E-state index contributed by atoms with van der Waals surface area (Å²) in [5.74, 6) is 0. The highest BCUT2D eigenvalue weighted by Gasteiger charge is 1.73. The van der Waals surface area contributed by atoms with Crippen LogP contribution >= 0.6 is 12.6 Å². The zero-order valence-electron chi connectivity index (χ0n) is 4.73. The molecule has 0 amide bonds. The molecule has 0 aliphatic heterocycles. The normalized spacial score (nSPS) is 7.00. The van der Waals surface area contributed by atoms with Gasteiger partial charge in [0.25, 0.3) is 0 Å². The minimum Gasteiger partial charge on any atom is -0.143 e. The molecule has 0 N–H and O–H groups in total. The van der Waals surface area contributed by atoms with E-state index in [0.29, 0.717) is 0 Å². The fourth-order valence-corrected chi connectivity index (χ4v) is 0.600. The molecule has 0 aromatic heterocycles. The molecule has 0 saturated heterocycles. The van der Waals surface area contributed by atoms with Gasteiger partial charge >= 0.3 is 0 Å². The van der Waals surface area contributed by atoms with Gasteiger partial charge in [-0.15, -0.1) is 12.6 Å². The van der Waals surface area contributed by atoms with E-state index in [1.807, 2.05) is 30.3 Å². The Labute approximate surface area is 59.3 Å². The lowest BCUT2D eigenvalue weighted by atomic mass is 10.4. The predicted octanol–water partition coefficient (Wildman–Crippen LogP) is 2.01. The minimum absolute atomic E-state index is 1.02. The first-order valence-corrected chi connectivity index (χ1v) is 2.78. The Morgan fingerprint density at radius 2 is 1.44 bits per heavy atom. The number of benzene rings is 1. The SMILES string of the molecule is N#N.Sc1ccccc1. The average Bonchev–Trinajstić information content (AvgIpc) is 1.94. The van der Waals surface area contributed by atoms with Gasteiger partial charge in [0, 0.05) is 15.7 Å². The van der Waals surface area contributed by atoms with Gasteiger partial charge in [-0.25, -0.2) is 0 Å². The van der Waals surface area contributed by atoms with Crippen LogP contribution in [0.5, 0.6) is 0 Å². The van der Waals surface area contributed by atoms with Crippen molar-refractivity contribution in [1.82, 2.24) is 0 Å². The van der Waals surface area contributed by atoms with Crippen LogP contribution in [0.3, 0.4) is 0 Å². The molecule has 0 spiro atoms. The van der Waals surface area contributed by atoms with Gasteiger partial charge in [0.2, 0.25) is 0 Å². The van der Waals surface area contributed by atoms with Crippen LogP contribution in [0.15, 0.2) is 35.2 Å². The average molecular weight is 138 g/mol. The smallest absolute Gasteiger partial charge is 0.00399 e. The van der Waals surface area contributed by atoms with Crippen LogP contribution in [-0.2, 0) is 0 Å². The van der Waals surface area contributed by atoms with Crippen LogP contribution in [0.1, 0.15) is 0 Å². The lowest BCUT2D eigenvalue weighted by Crippen LogP contribution is -1.56. The van der Waals surface area contributed by atoms with Crippen molar-refractivity contribution in [3.8, 4) is 0 Å². The Morgan fingerprint density at radius 1 is 1.00 bits per heavy atom. The molecule has 0 fully saturated rings. The summed E-state index contributed by atoms with van der Waals surface area (Å²) < 4.78 is 0. The molecule has 3 heteroatoms. The van der Waals surface area contributed by atoms with Gasteiger partial charge in [0.1, 0.15) is 0 Å². The first-order valence-electron chi connectivity index (χ1n) is 2.33. The number of hydrogen-bond acceptors (Lipinski definition) is 3. The molecule has 0 aliphatic rings. The lowest BCUT2D eigenvalue weighted by molar-refractivity contribution is 1.15. The highest BCUT2D eigenvalue weighted by atomic mass is 32.1. The Bertz CT molecular complexity index is 171. The highest BCUT2D eigenvalue weighted by Crippen LogP contribution is 2.00. The van der Waals surface area contributed by atoms with E-state index < -0.39 is 0 Å². The third-order valence-electron chi connectivity index (χ3n) is 0.756. The minimum atomic E-state index is 1.02. The van der Waals surface area contributed by atoms with Crippen molar-refractivity contribution in [2.75, 3.05) is 0 Å². The summed E-state index contributed by atoms with van der Waals surface area (Å²) in [6.07, 6.45) is 0. The molecule has 0 saturated carbocycles. The lowest BCUT2D eigenvalue weighted by Gasteiger charge is -1.81. The maximum absolute atomic E-state index is 6.00. The molecule has 46 valence electrons. The zero-order chi connectivity index (χ0) is 7.11. The van der Waals surface area contributed by atoms with Crippen molar-refractivity contribution in [1.29, 1.82) is 10.8 Å². The van der Waals surface area contributed by atoms with Crippen LogP contribution in [0.25, 0.3) is 0 Å². The molecule has 2 nitrogen and oxygen atoms in total. The number of rotatable bonds is 0. The Morgan fingerprint density at radius 3 is 1.67 bits per heavy atom. The van der Waals surface area contributed by atoms with E-state index >= 15 is 0 Å².